The number of hydrogen-bond acceptors (Lipinski definition) is 8. The molecule has 8 rings (SSSR count). The Morgan fingerprint density at radius 1 is 0.472 bits per heavy atom. The summed E-state index contributed by atoms with van der Waals surface area (Å²) in [6.07, 6.45) is 0.385. The molecule has 0 bridgehead atoms. The average Bonchev–Trinajstić information content (AvgIpc) is 3.35. The number of nitrogens with zero attached hydrogens (tertiary/aromatic N) is 4. The molecule has 384 valence electrons. The van der Waals surface area contributed by atoms with E-state index in [0.717, 1.165) is 87.7 Å². The summed E-state index contributed by atoms with van der Waals surface area (Å²) in [4.78, 5) is 33.8. The Morgan fingerprint density at radius 3 is 1.19 bits per heavy atom. The molecule has 0 saturated carbocycles. The van der Waals surface area contributed by atoms with Crippen molar-refractivity contribution in [3.63, 3.8) is 0 Å². The van der Waals surface area contributed by atoms with E-state index >= 15 is 0 Å². The fourth-order valence-electron chi connectivity index (χ4n) is 8.16. The van der Waals surface area contributed by atoms with E-state index in [1.54, 1.807) is 48.5 Å². The Hall–Kier alpha value is -6.00. The lowest BCUT2D eigenvalue weighted by molar-refractivity contribution is -0.121. The number of likely N-dealkylation sites (N-methyl/N-ethyl adjacent to an activating group) is 2. The van der Waals surface area contributed by atoms with Crippen molar-refractivity contribution in [2.24, 2.45) is 0 Å². The zero-order valence-electron chi connectivity index (χ0n) is 40.8. The SMILES string of the molecule is CN1CCN(CCOc2ccc(-c3ccc(CC(=O)NCc4cccc(F)c4)cc3)c(F)c2)CC1.CN1CCN(CCOc2ccc(-c3ccc(CC(=O)NCc4cccc(F)c4)cc3)c(F)c2)CC1.Cl.Cl. The normalized spacial score (nSPS) is 14.2. The number of hydrogen-bond donors (Lipinski definition) is 2. The third kappa shape index (κ3) is 18.2. The molecular formula is C56H64Cl2F4N6O4. The Kier molecular flexibility index (Phi) is 22.8. The van der Waals surface area contributed by atoms with Crippen molar-refractivity contribution < 1.29 is 36.6 Å². The predicted octanol–water partition coefficient (Wildman–Crippen LogP) is 9.08. The Bertz CT molecular complexity index is 2450. The number of carbonyl (C=O) groups excluding carboxylic acids is 2. The maximum absolute atomic E-state index is 14.8. The zero-order chi connectivity index (χ0) is 49.2. The summed E-state index contributed by atoms with van der Waals surface area (Å²) in [5.74, 6) is -0.628. The second kappa shape index (κ2) is 28.9. The monoisotopic (exact) mass is 1030 g/mol. The third-order valence-electron chi connectivity index (χ3n) is 12.4. The topological polar surface area (TPSA) is 89.6 Å². The molecule has 10 nitrogen and oxygen atoms in total. The van der Waals surface area contributed by atoms with Gasteiger partial charge in [0.15, 0.2) is 0 Å². The molecule has 16 heteroatoms. The van der Waals surface area contributed by atoms with Crippen molar-refractivity contribution in [1.29, 1.82) is 0 Å². The quantitative estimate of drug-likeness (QED) is 0.0826. The number of carbonyl (C=O) groups is 2. The minimum atomic E-state index is -0.345. The minimum Gasteiger partial charge on any atom is -0.492 e. The van der Waals surface area contributed by atoms with Gasteiger partial charge in [0.2, 0.25) is 11.8 Å². The number of rotatable bonds is 18. The van der Waals surface area contributed by atoms with Gasteiger partial charge >= 0.3 is 0 Å². The number of amides is 2. The highest BCUT2D eigenvalue weighted by Crippen LogP contribution is 2.28. The van der Waals surface area contributed by atoms with Crippen molar-refractivity contribution in [1.82, 2.24) is 30.2 Å². The van der Waals surface area contributed by atoms with Gasteiger partial charge in [-0.25, -0.2) is 17.6 Å². The van der Waals surface area contributed by atoms with E-state index in [9.17, 15) is 27.2 Å². The summed E-state index contributed by atoms with van der Waals surface area (Å²) >= 11 is 0. The molecule has 2 aliphatic rings. The molecule has 2 aliphatic heterocycles. The van der Waals surface area contributed by atoms with Crippen LogP contribution in [0, 0.1) is 23.3 Å². The maximum atomic E-state index is 14.8. The largest absolute Gasteiger partial charge is 0.492 e. The summed E-state index contributed by atoms with van der Waals surface area (Å²) in [6, 6.07) is 36.6. The molecule has 6 aromatic rings. The highest BCUT2D eigenvalue weighted by atomic mass is 35.5. The van der Waals surface area contributed by atoms with Crippen LogP contribution in [0.4, 0.5) is 17.6 Å². The second-order valence-corrected chi connectivity index (χ2v) is 17.8. The average molecular weight is 1030 g/mol. The molecule has 6 aromatic carbocycles. The predicted molar refractivity (Wildman–Crippen MR) is 281 cm³/mol. The van der Waals surface area contributed by atoms with Crippen molar-refractivity contribution in [3.8, 4) is 33.8 Å². The first kappa shape index (κ1) is 56.9. The van der Waals surface area contributed by atoms with Gasteiger partial charge in [-0.3, -0.25) is 19.4 Å². The molecule has 2 fully saturated rings. The fraction of sp³-hybridized carbons (Fsp3) is 0.321. The lowest BCUT2D eigenvalue weighted by Gasteiger charge is -2.32. The molecule has 2 saturated heterocycles. The maximum Gasteiger partial charge on any atom is 0.224 e. The van der Waals surface area contributed by atoms with Crippen LogP contribution in [0.25, 0.3) is 22.3 Å². The molecular weight excluding hydrogens is 968 g/mol. The second-order valence-electron chi connectivity index (χ2n) is 17.8. The van der Waals surface area contributed by atoms with Crippen LogP contribution in [-0.4, -0.2) is 124 Å². The van der Waals surface area contributed by atoms with E-state index in [4.69, 9.17) is 9.47 Å². The van der Waals surface area contributed by atoms with Gasteiger partial charge in [-0.15, -0.1) is 24.8 Å². The highest BCUT2D eigenvalue weighted by Gasteiger charge is 2.16. The van der Waals surface area contributed by atoms with Crippen LogP contribution in [0.5, 0.6) is 11.5 Å². The fourth-order valence-corrected chi connectivity index (χ4v) is 8.16. The van der Waals surface area contributed by atoms with Crippen LogP contribution < -0.4 is 20.1 Å². The van der Waals surface area contributed by atoms with Gasteiger partial charge in [-0.05, 0) is 96.0 Å². The first-order chi connectivity index (χ1) is 33.9. The van der Waals surface area contributed by atoms with Gasteiger partial charge in [0, 0.05) is 102 Å². The van der Waals surface area contributed by atoms with E-state index in [1.165, 1.54) is 36.4 Å². The van der Waals surface area contributed by atoms with Crippen LogP contribution >= 0.6 is 24.8 Å². The molecule has 0 radical (unpaired) electrons. The van der Waals surface area contributed by atoms with E-state index in [-0.39, 0.29) is 85.8 Å². The smallest absolute Gasteiger partial charge is 0.224 e. The van der Waals surface area contributed by atoms with Gasteiger partial charge < -0.3 is 29.9 Å². The van der Waals surface area contributed by atoms with E-state index in [1.807, 2.05) is 48.5 Å². The third-order valence-corrected chi connectivity index (χ3v) is 12.4. The van der Waals surface area contributed by atoms with E-state index in [2.05, 4.69) is 44.3 Å². The van der Waals surface area contributed by atoms with Crippen molar-refractivity contribution >= 4 is 36.6 Å². The van der Waals surface area contributed by atoms with E-state index < -0.39 is 0 Å². The number of piperazine rings is 2. The molecule has 0 aromatic heterocycles. The molecule has 2 amide bonds. The standard InChI is InChI=1S/2C28H31F2N3O2.2ClH/c2*1-32-11-13-33(14-12-32)15-16-35-25-9-10-26(27(30)19-25)23-7-5-21(6-8-23)18-28(34)31-20-22-3-2-4-24(29)17-22;;/h2*2-10,17,19H,11-16,18,20H2,1H3,(H,31,34);2*1H. The van der Waals surface area contributed by atoms with Crippen LogP contribution in [-0.2, 0) is 35.5 Å². The van der Waals surface area contributed by atoms with Gasteiger partial charge in [0.05, 0.1) is 12.8 Å². The van der Waals surface area contributed by atoms with Crippen LogP contribution in [0.15, 0.2) is 133 Å². The van der Waals surface area contributed by atoms with Gasteiger partial charge in [-0.2, -0.15) is 0 Å². The minimum absolute atomic E-state index is 0. The van der Waals surface area contributed by atoms with Crippen LogP contribution in [0.1, 0.15) is 22.3 Å². The summed E-state index contributed by atoms with van der Waals surface area (Å²) in [5, 5.41) is 5.58. The Balaban J connectivity index is 0.000000260. The summed E-state index contributed by atoms with van der Waals surface area (Å²) in [5.41, 5.74) is 5.47. The molecule has 72 heavy (non-hydrogen) atoms. The molecule has 2 heterocycles. The summed E-state index contributed by atoms with van der Waals surface area (Å²) in [6.45, 7) is 11.6. The lowest BCUT2D eigenvalue weighted by Crippen LogP contribution is -2.45. The molecule has 0 atom stereocenters. The Morgan fingerprint density at radius 2 is 0.847 bits per heavy atom. The van der Waals surface area contributed by atoms with Crippen molar-refractivity contribution in [3.05, 3.63) is 179 Å². The molecule has 0 unspecified atom stereocenters. The molecule has 0 spiro atoms. The summed E-state index contributed by atoms with van der Waals surface area (Å²) in [7, 11) is 4.25. The van der Waals surface area contributed by atoms with Crippen LogP contribution in [0.2, 0.25) is 0 Å². The number of benzene rings is 6. The highest BCUT2D eigenvalue weighted by molar-refractivity contribution is 5.85. The number of nitrogens with one attached hydrogen (secondary N) is 2. The number of ether oxygens (including phenoxy) is 2. The first-order valence-electron chi connectivity index (χ1n) is 23.8. The van der Waals surface area contributed by atoms with Gasteiger partial charge in [0.1, 0.15) is 48.0 Å². The van der Waals surface area contributed by atoms with E-state index in [0.29, 0.717) is 47.0 Å². The molecule has 2 N–H and O–H groups in total. The lowest BCUT2D eigenvalue weighted by atomic mass is 10.0. The van der Waals surface area contributed by atoms with Gasteiger partial charge in [0.25, 0.3) is 0 Å². The van der Waals surface area contributed by atoms with Crippen LogP contribution in [0.3, 0.4) is 0 Å². The van der Waals surface area contributed by atoms with Crippen molar-refractivity contribution in [2.45, 2.75) is 25.9 Å². The van der Waals surface area contributed by atoms with Crippen molar-refractivity contribution in [2.75, 3.05) is 92.8 Å². The summed E-state index contributed by atoms with van der Waals surface area (Å²) < 4.78 is 67.6. The zero-order valence-corrected chi connectivity index (χ0v) is 42.4. The Labute approximate surface area is 433 Å². The van der Waals surface area contributed by atoms with Gasteiger partial charge in [-0.1, -0.05) is 72.8 Å². The first-order valence-corrected chi connectivity index (χ1v) is 23.8. The number of halogens is 6. The molecule has 0 aliphatic carbocycles.